The van der Waals surface area contributed by atoms with Gasteiger partial charge in [-0.25, -0.2) is 0 Å². The van der Waals surface area contributed by atoms with Crippen LogP contribution in [0.5, 0.6) is 5.75 Å². The average molecular weight is 247 g/mol. The molecule has 0 aliphatic heterocycles. The molecule has 2 aromatic rings. The van der Waals surface area contributed by atoms with Crippen molar-refractivity contribution < 1.29 is 19.5 Å². The molecule has 1 heterocycles. The first-order valence-corrected chi connectivity index (χ1v) is 5.51. The summed E-state index contributed by atoms with van der Waals surface area (Å²) in [6.07, 6.45) is 1.40. The fourth-order valence-corrected chi connectivity index (χ4v) is 1.96. The zero-order valence-corrected chi connectivity index (χ0v) is 9.78. The molecule has 18 heavy (non-hydrogen) atoms. The third-order valence-corrected chi connectivity index (χ3v) is 2.90. The van der Waals surface area contributed by atoms with Crippen molar-refractivity contribution in [1.82, 2.24) is 5.16 Å². The van der Waals surface area contributed by atoms with E-state index in [-0.39, 0.29) is 5.75 Å². The molecule has 0 bridgehead atoms. The zero-order chi connectivity index (χ0) is 13.1. The highest BCUT2D eigenvalue weighted by atomic mass is 16.5. The van der Waals surface area contributed by atoms with Gasteiger partial charge in [0, 0.05) is 12.0 Å². The molecule has 2 atom stereocenters. The van der Waals surface area contributed by atoms with Gasteiger partial charge in [0.2, 0.25) is 0 Å². The number of hydrogen-bond donors (Lipinski definition) is 2. The lowest BCUT2D eigenvalue weighted by molar-refractivity contribution is -0.141. The molecule has 0 fully saturated rings. The Bertz CT molecular complexity index is 536. The number of benzene rings is 1. The fourth-order valence-electron chi connectivity index (χ4n) is 1.96. The number of carboxylic acid groups (broad SMARTS) is 1. The lowest BCUT2D eigenvalue weighted by atomic mass is 9.84. The molecular formula is C13H13NO4. The summed E-state index contributed by atoms with van der Waals surface area (Å²) in [5, 5.41) is 22.5. The van der Waals surface area contributed by atoms with Crippen LogP contribution in [0.2, 0.25) is 0 Å². The SMILES string of the molecule is CC(C(=O)O)[C@H](c1cccc(O)c1)c1ccon1. The molecule has 0 amide bonds. The summed E-state index contributed by atoms with van der Waals surface area (Å²) in [7, 11) is 0. The molecule has 0 saturated carbocycles. The van der Waals surface area contributed by atoms with Crippen LogP contribution in [0, 0.1) is 5.92 Å². The lowest BCUT2D eigenvalue weighted by Crippen LogP contribution is -2.20. The first-order valence-electron chi connectivity index (χ1n) is 5.51. The third kappa shape index (κ3) is 2.34. The van der Waals surface area contributed by atoms with Gasteiger partial charge in [0.1, 0.15) is 12.0 Å². The monoisotopic (exact) mass is 247 g/mol. The molecule has 0 saturated heterocycles. The van der Waals surface area contributed by atoms with Gasteiger partial charge in [-0.2, -0.15) is 0 Å². The van der Waals surface area contributed by atoms with Gasteiger partial charge in [0.15, 0.2) is 0 Å². The second-order valence-electron chi connectivity index (χ2n) is 4.12. The molecule has 5 heteroatoms. The van der Waals surface area contributed by atoms with Gasteiger partial charge in [-0.15, -0.1) is 0 Å². The second-order valence-corrected chi connectivity index (χ2v) is 4.12. The molecular weight excluding hydrogens is 234 g/mol. The zero-order valence-electron chi connectivity index (χ0n) is 9.78. The highest BCUT2D eigenvalue weighted by Gasteiger charge is 2.29. The Morgan fingerprint density at radius 2 is 2.17 bits per heavy atom. The van der Waals surface area contributed by atoms with Crippen molar-refractivity contribution in [2.75, 3.05) is 0 Å². The molecule has 1 unspecified atom stereocenters. The van der Waals surface area contributed by atoms with Gasteiger partial charge in [-0.05, 0) is 17.7 Å². The maximum atomic E-state index is 11.2. The van der Waals surface area contributed by atoms with E-state index in [1.807, 2.05) is 0 Å². The molecule has 5 nitrogen and oxygen atoms in total. The second kappa shape index (κ2) is 4.91. The van der Waals surface area contributed by atoms with Crippen LogP contribution >= 0.6 is 0 Å². The molecule has 0 spiro atoms. The van der Waals surface area contributed by atoms with Gasteiger partial charge >= 0.3 is 5.97 Å². The van der Waals surface area contributed by atoms with Crippen LogP contribution in [0.3, 0.4) is 0 Å². The summed E-state index contributed by atoms with van der Waals surface area (Å²) >= 11 is 0. The van der Waals surface area contributed by atoms with Crippen molar-refractivity contribution in [2.45, 2.75) is 12.8 Å². The maximum Gasteiger partial charge on any atom is 0.307 e. The van der Waals surface area contributed by atoms with Crippen LogP contribution in [-0.4, -0.2) is 21.3 Å². The number of phenolic OH excluding ortho intramolecular Hbond substituents is 1. The molecule has 2 rings (SSSR count). The Kier molecular flexibility index (Phi) is 3.32. The van der Waals surface area contributed by atoms with Crippen molar-refractivity contribution in [1.29, 1.82) is 0 Å². The van der Waals surface area contributed by atoms with Crippen LogP contribution in [0.1, 0.15) is 24.1 Å². The maximum absolute atomic E-state index is 11.2. The largest absolute Gasteiger partial charge is 0.508 e. The molecule has 1 aromatic heterocycles. The Morgan fingerprint density at radius 3 is 2.72 bits per heavy atom. The summed E-state index contributed by atoms with van der Waals surface area (Å²) < 4.78 is 4.77. The van der Waals surface area contributed by atoms with E-state index in [2.05, 4.69) is 5.16 Å². The number of aromatic hydroxyl groups is 1. The third-order valence-electron chi connectivity index (χ3n) is 2.90. The number of hydrogen-bond acceptors (Lipinski definition) is 4. The van der Waals surface area contributed by atoms with Crippen LogP contribution in [0.4, 0.5) is 0 Å². The summed E-state index contributed by atoms with van der Waals surface area (Å²) in [4.78, 5) is 11.2. The van der Waals surface area contributed by atoms with Gasteiger partial charge < -0.3 is 14.7 Å². The molecule has 1 aromatic carbocycles. The predicted molar refractivity (Wildman–Crippen MR) is 63.3 cm³/mol. The summed E-state index contributed by atoms with van der Waals surface area (Å²) in [6.45, 7) is 1.60. The van der Waals surface area contributed by atoms with Crippen LogP contribution in [0.15, 0.2) is 41.1 Å². The minimum absolute atomic E-state index is 0.0959. The van der Waals surface area contributed by atoms with E-state index in [4.69, 9.17) is 9.63 Å². The molecule has 2 N–H and O–H groups in total. The molecule has 0 radical (unpaired) electrons. The van der Waals surface area contributed by atoms with E-state index in [1.54, 1.807) is 31.2 Å². The lowest BCUT2D eigenvalue weighted by Gasteiger charge is -2.19. The quantitative estimate of drug-likeness (QED) is 0.865. The minimum atomic E-state index is -0.925. The number of nitrogens with zero attached hydrogens (tertiary/aromatic N) is 1. The highest BCUT2D eigenvalue weighted by molar-refractivity contribution is 5.71. The molecule has 94 valence electrons. The van der Waals surface area contributed by atoms with E-state index in [0.29, 0.717) is 11.3 Å². The van der Waals surface area contributed by atoms with Crippen molar-refractivity contribution in [2.24, 2.45) is 5.92 Å². The highest BCUT2D eigenvalue weighted by Crippen LogP contribution is 2.32. The van der Waals surface area contributed by atoms with Crippen molar-refractivity contribution in [3.8, 4) is 5.75 Å². The average Bonchev–Trinajstić information content (AvgIpc) is 2.83. The van der Waals surface area contributed by atoms with E-state index < -0.39 is 17.8 Å². The Morgan fingerprint density at radius 1 is 1.39 bits per heavy atom. The molecule has 0 aliphatic carbocycles. The van der Waals surface area contributed by atoms with Crippen molar-refractivity contribution in [3.63, 3.8) is 0 Å². The smallest absolute Gasteiger partial charge is 0.307 e. The molecule has 0 aliphatic rings. The van der Waals surface area contributed by atoms with E-state index in [9.17, 15) is 9.90 Å². The van der Waals surface area contributed by atoms with Gasteiger partial charge in [0.25, 0.3) is 0 Å². The number of carboxylic acids is 1. The topological polar surface area (TPSA) is 83.6 Å². The van der Waals surface area contributed by atoms with Gasteiger partial charge in [0.05, 0.1) is 11.6 Å². The number of aliphatic carboxylic acids is 1. The van der Waals surface area contributed by atoms with E-state index in [0.717, 1.165) is 0 Å². The van der Waals surface area contributed by atoms with Crippen LogP contribution in [0.25, 0.3) is 0 Å². The minimum Gasteiger partial charge on any atom is -0.508 e. The summed E-state index contributed by atoms with van der Waals surface area (Å²) in [6, 6.07) is 8.15. The van der Waals surface area contributed by atoms with Crippen LogP contribution < -0.4 is 0 Å². The first kappa shape index (κ1) is 12.2. The fraction of sp³-hybridized carbons (Fsp3) is 0.231. The van der Waals surface area contributed by atoms with Crippen molar-refractivity contribution in [3.05, 3.63) is 47.9 Å². The number of phenols is 1. The normalized spacial score (nSPS) is 14.1. The summed E-state index contributed by atoms with van der Waals surface area (Å²) in [5.74, 6) is -1.95. The Hall–Kier alpha value is -2.30. The Balaban J connectivity index is 2.46. The number of aromatic nitrogens is 1. The standard InChI is InChI=1S/C13H13NO4/c1-8(13(16)17)12(11-5-6-18-14-11)9-3-2-4-10(15)7-9/h2-8,12,15H,1H3,(H,16,17)/t8?,12-/m1/s1. The van der Waals surface area contributed by atoms with E-state index in [1.165, 1.54) is 12.3 Å². The first-order chi connectivity index (χ1) is 8.59. The van der Waals surface area contributed by atoms with Crippen LogP contribution in [-0.2, 0) is 4.79 Å². The van der Waals surface area contributed by atoms with Gasteiger partial charge in [-0.3, -0.25) is 4.79 Å². The summed E-state index contributed by atoms with van der Waals surface area (Å²) in [5.41, 5.74) is 1.23. The predicted octanol–water partition coefficient (Wildman–Crippen LogP) is 2.23. The Labute approximate surface area is 104 Å². The van der Waals surface area contributed by atoms with Gasteiger partial charge in [-0.1, -0.05) is 24.2 Å². The number of carbonyl (C=O) groups is 1. The van der Waals surface area contributed by atoms with E-state index >= 15 is 0 Å². The van der Waals surface area contributed by atoms with Crippen molar-refractivity contribution >= 4 is 5.97 Å². The number of rotatable bonds is 4.